The molecule has 3 nitrogen and oxygen atoms in total. The average molecular weight is 279 g/mol. The molecule has 0 spiro atoms. The van der Waals surface area contributed by atoms with Crippen molar-refractivity contribution in [2.75, 3.05) is 33.2 Å². The number of benzene rings is 1. The number of quaternary nitrogens is 1. The summed E-state index contributed by atoms with van der Waals surface area (Å²) in [6, 6.07) is 6.76. The van der Waals surface area contributed by atoms with E-state index in [4.69, 9.17) is 0 Å². The van der Waals surface area contributed by atoms with E-state index < -0.39 is 0 Å². The lowest BCUT2D eigenvalue weighted by molar-refractivity contribution is -0.920. The van der Waals surface area contributed by atoms with Crippen molar-refractivity contribution in [1.82, 2.24) is 4.90 Å². The van der Waals surface area contributed by atoms with E-state index in [1.807, 2.05) is 24.0 Å². The molecule has 0 aromatic heterocycles. The number of likely N-dealkylation sites (N-methyl/N-ethyl adjacent to an activating group) is 1. The minimum Gasteiger partial charge on any atom is -0.337 e. The number of rotatable bonds is 3. The van der Waals surface area contributed by atoms with Crippen LogP contribution in [0.2, 0.25) is 0 Å². The average Bonchev–Trinajstić information content (AvgIpc) is 2.63. The van der Waals surface area contributed by atoms with Crippen LogP contribution in [0.3, 0.4) is 0 Å². The predicted molar refractivity (Wildman–Crippen MR) is 77.5 cm³/mol. The molecule has 4 heteroatoms. The third-order valence-electron chi connectivity index (χ3n) is 4.17. The van der Waals surface area contributed by atoms with Gasteiger partial charge in [0, 0.05) is 24.9 Å². The van der Waals surface area contributed by atoms with Crippen LogP contribution in [0.15, 0.2) is 24.3 Å². The minimum atomic E-state index is -0.188. The van der Waals surface area contributed by atoms with Crippen molar-refractivity contribution in [2.24, 2.45) is 0 Å². The fourth-order valence-corrected chi connectivity index (χ4v) is 2.89. The minimum absolute atomic E-state index is 0.188. The Labute approximate surface area is 120 Å². The number of nitrogens with zero attached hydrogens (tertiary/aromatic N) is 2. The van der Waals surface area contributed by atoms with Gasteiger partial charge < -0.3 is 9.38 Å². The van der Waals surface area contributed by atoms with E-state index in [0.717, 1.165) is 49.2 Å². The van der Waals surface area contributed by atoms with E-state index in [2.05, 4.69) is 7.05 Å². The molecule has 1 aromatic rings. The highest BCUT2D eigenvalue weighted by Crippen LogP contribution is 2.17. The molecule has 1 aliphatic rings. The van der Waals surface area contributed by atoms with Crippen molar-refractivity contribution in [2.45, 2.75) is 26.3 Å². The van der Waals surface area contributed by atoms with Crippen LogP contribution in [0.4, 0.5) is 4.39 Å². The van der Waals surface area contributed by atoms with Gasteiger partial charge in [0.1, 0.15) is 12.4 Å². The Hall–Kier alpha value is -1.42. The third kappa shape index (κ3) is 3.79. The lowest BCUT2D eigenvalue weighted by atomic mass is 10.2. The van der Waals surface area contributed by atoms with Gasteiger partial charge in [0.15, 0.2) is 0 Å². The van der Waals surface area contributed by atoms with Crippen LogP contribution < -0.4 is 0 Å². The van der Waals surface area contributed by atoms with Crippen molar-refractivity contribution >= 4 is 5.91 Å². The summed E-state index contributed by atoms with van der Waals surface area (Å²) in [7, 11) is 2.23. The molecule has 1 aromatic carbocycles. The molecular formula is C16H24FN2O+. The first kappa shape index (κ1) is 15.0. The Morgan fingerprint density at radius 1 is 1.25 bits per heavy atom. The number of amides is 1. The number of hydrogen-bond donors (Lipinski definition) is 0. The maximum atomic E-state index is 13.0. The van der Waals surface area contributed by atoms with Crippen LogP contribution in [0.1, 0.15) is 25.3 Å². The monoisotopic (exact) mass is 279 g/mol. The zero-order valence-electron chi connectivity index (χ0n) is 12.4. The van der Waals surface area contributed by atoms with E-state index in [9.17, 15) is 9.18 Å². The lowest BCUT2D eigenvalue weighted by Gasteiger charge is -2.33. The first-order valence-electron chi connectivity index (χ1n) is 7.38. The third-order valence-corrected chi connectivity index (χ3v) is 4.17. The van der Waals surface area contributed by atoms with E-state index in [1.54, 1.807) is 0 Å². The Morgan fingerprint density at radius 3 is 2.60 bits per heavy atom. The van der Waals surface area contributed by atoms with E-state index in [1.165, 1.54) is 12.1 Å². The zero-order chi connectivity index (χ0) is 14.6. The fourth-order valence-electron chi connectivity index (χ4n) is 2.89. The van der Waals surface area contributed by atoms with Crippen LogP contribution in [0.25, 0.3) is 0 Å². The molecule has 2 rings (SSSR count). The summed E-state index contributed by atoms with van der Waals surface area (Å²) in [5.74, 6) is 0.0622. The Bertz CT molecular complexity index is 460. The van der Waals surface area contributed by atoms with Crippen LogP contribution >= 0.6 is 0 Å². The lowest BCUT2D eigenvalue weighted by Crippen LogP contribution is -2.46. The summed E-state index contributed by atoms with van der Waals surface area (Å²) in [4.78, 5) is 13.8. The summed E-state index contributed by atoms with van der Waals surface area (Å²) in [6.07, 6.45) is 1.62. The molecule has 1 fully saturated rings. The maximum Gasteiger partial charge on any atom is 0.222 e. The van der Waals surface area contributed by atoms with Crippen LogP contribution in [0, 0.1) is 5.82 Å². The smallest absolute Gasteiger partial charge is 0.222 e. The summed E-state index contributed by atoms with van der Waals surface area (Å²) in [6.45, 7) is 6.52. The molecule has 0 bridgehead atoms. The fraction of sp³-hybridized carbons (Fsp3) is 0.562. The molecule has 0 saturated carbocycles. The van der Waals surface area contributed by atoms with Gasteiger partial charge in [-0.2, -0.15) is 0 Å². The molecule has 0 N–H and O–H groups in total. The first-order chi connectivity index (χ1) is 9.52. The van der Waals surface area contributed by atoms with Gasteiger partial charge in [0.25, 0.3) is 0 Å². The predicted octanol–water partition coefficient (Wildman–Crippen LogP) is 2.41. The van der Waals surface area contributed by atoms with Crippen molar-refractivity contribution in [3.05, 3.63) is 35.6 Å². The SMILES string of the molecule is CCC(=O)N1CCC[N+](C)(Cc2ccc(F)cc2)CC1. The van der Waals surface area contributed by atoms with Gasteiger partial charge in [0.2, 0.25) is 5.91 Å². The van der Waals surface area contributed by atoms with Crippen LogP contribution in [-0.2, 0) is 11.3 Å². The van der Waals surface area contributed by atoms with Crippen molar-refractivity contribution in [3.8, 4) is 0 Å². The molecule has 0 radical (unpaired) electrons. The molecular weight excluding hydrogens is 255 g/mol. The van der Waals surface area contributed by atoms with Gasteiger partial charge in [0.05, 0.1) is 26.7 Å². The van der Waals surface area contributed by atoms with Gasteiger partial charge in [-0.05, 0) is 12.1 Å². The summed E-state index contributed by atoms with van der Waals surface area (Å²) in [5, 5.41) is 0. The molecule has 1 saturated heterocycles. The van der Waals surface area contributed by atoms with Crippen LogP contribution in [0.5, 0.6) is 0 Å². The molecule has 0 aliphatic carbocycles. The van der Waals surface area contributed by atoms with Gasteiger partial charge in [-0.15, -0.1) is 0 Å². The second-order valence-electron chi connectivity index (χ2n) is 5.94. The molecule has 1 unspecified atom stereocenters. The standard InChI is InChI=1S/C16H24FN2O/c1-3-16(20)18-9-4-11-19(2,12-10-18)13-14-5-7-15(17)8-6-14/h5-8H,3-4,9-13H2,1-2H3/q+1. The van der Waals surface area contributed by atoms with E-state index in [-0.39, 0.29) is 11.7 Å². The largest absolute Gasteiger partial charge is 0.337 e. The van der Waals surface area contributed by atoms with Crippen molar-refractivity contribution < 1.29 is 13.7 Å². The Kier molecular flexibility index (Phi) is 4.76. The van der Waals surface area contributed by atoms with E-state index >= 15 is 0 Å². The molecule has 110 valence electrons. The second kappa shape index (κ2) is 6.35. The highest BCUT2D eigenvalue weighted by atomic mass is 19.1. The Morgan fingerprint density at radius 2 is 1.95 bits per heavy atom. The van der Waals surface area contributed by atoms with E-state index in [0.29, 0.717) is 6.42 Å². The summed E-state index contributed by atoms with van der Waals surface area (Å²) in [5.41, 5.74) is 1.16. The van der Waals surface area contributed by atoms with Gasteiger partial charge >= 0.3 is 0 Å². The quantitative estimate of drug-likeness (QED) is 0.778. The first-order valence-corrected chi connectivity index (χ1v) is 7.38. The number of carbonyl (C=O) groups is 1. The maximum absolute atomic E-state index is 13.0. The molecule has 1 amide bonds. The number of carbonyl (C=O) groups excluding carboxylic acids is 1. The molecule has 1 heterocycles. The number of halogens is 1. The Balaban J connectivity index is 2.00. The topological polar surface area (TPSA) is 20.3 Å². The highest BCUT2D eigenvalue weighted by molar-refractivity contribution is 5.75. The van der Waals surface area contributed by atoms with Gasteiger partial charge in [-0.25, -0.2) is 4.39 Å². The normalized spacial score (nSPS) is 23.4. The van der Waals surface area contributed by atoms with Gasteiger partial charge in [-0.1, -0.05) is 19.1 Å². The summed E-state index contributed by atoms with van der Waals surface area (Å²) < 4.78 is 13.9. The zero-order valence-corrected chi connectivity index (χ0v) is 12.4. The second-order valence-corrected chi connectivity index (χ2v) is 5.94. The summed E-state index contributed by atoms with van der Waals surface area (Å²) >= 11 is 0. The van der Waals surface area contributed by atoms with Crippen molar-refractivity contribution in [1.29, 1.82) is 0 Å². The number of hydrogen-bond acceptors (Lipinski definition) is 1. The highest BCUT2D eigenvalue weighted by Gasteiger charge is 2.27. The van der Waals surface area contributed by atoms with Gasteiger partial charge in [-0.3, -0.25) is 4.79 Å². The molecule has 20 heavy (non-hydrogen) atoms. The van der Waals surface area contributed by atoms with Crippen molar-refractivity contribution in [3.63, 3.8) is 0 Å². The molecule has 1 atom stereocenters. The molecule has 1 aliphatic heterocycles. The van der Waals surface area contributed by atoms with Crippen LogP contribution in [-0.4, -0.2) is 48.5 Å².